The van der Waals surface area contributed by atoms with E-state index in [0.29, 0.717) is 11.9 Å². The highest BCUT2D eigenvalue weighted by Crippen LogP contribution is 2.19. The first-order valence-corrected chi connectivity index (χ1v) is 9.40. The average Bonchev–Trinajstić information content (AvgIpc) is 2.88. The number of carbonyl (C=O) groups excluding carboxylic acids is 1. The Kier molecular flexibility index (Phi) is 6.11. The van der Waals surface area contributed by atoms with Crippen molar-refractivity contribution in [3.63, 3.8) is 0 Å². The van der Waals surface area contributed by atoms with Gasteiger partial charge in [0.05, 0.1) is 11.9 Å². The molecule has 1 atom stereocenters. The molecule has 1 fully saturated rings. The van der Waals surface area contributed by atoms with E-state index < -0.39 is 0 Å². The molecule has 0 unspecified atom stereocenters. The number of amides is 2. The number of carbonyl (C=O) groups is 1. The van der Waals surface area contributed by atoms with Crippen molar-refractivity contribution in [2.45, 2.75) is 32.2 Å². The van der Waals surface area contributed by atoms with E-state index in [4.69, 9.17) is 0 Å². The van der Waals surface area contributed by atoms with Crippen LogP contribution in [0.25, 0.3) is 0 Å². The molecule has 0 radical (unpaired) electrons. The van der Waals surface area contributed by atoms with E-state index >= 15 is 0 Å². The third kappa shape index (κ3) is 5.32. The van der Waals surface area contributed by atoms with Crippen molar-refractivity contribution in [3.05, 3.63) is 42.2 Å². The van der Waals surface area contributed by atoms with E-state index in [1.807, 2.05) is 55.2 Å². The number of anilines is 3. The smallest absolute Gasteiger partial charge is 0.323 e. The Morgan fingerprint density at radius 1 is 1.19 bits per heavy atom. The second-order valence-electron chi connectivity index (χ2n) is 7.21. The molecule has 0 spiro atoms. The maximum Gasteiger partial charge on any atom is 0.323 e. The van der Waals surface area contributed by atoms with E-state index in [0.717, 1.165) is 49.4 Å². The second kappa shape index (κ2) is 8.70. The van der Waals surface area contributed by atoms with Crippen LogP contribution >= 0.6 is 0 Å². The summed E-state index contributed by atoms with van der Waals surface area (Å²) in [6.45, 7) is 3.46. The van der Waals surface area contributed by atoms with Gasteiger partial charge >= 0.3 is 6.03 Å². The minimum Gasteiger partial charge on any atom is -0.381 e. The van der Waals surface area contributed by atoms with Gasteiger partial charge in [0.25, 0.3) is 0 Å². The van der Waals surface area contributed by atoms with Crippen LogP contribution in [0.4, 0.5) is 22.1 Å². The highest BCUT2D eigenvalue weighted by atomic mass is 16.2. The molecular formula is C20H28N6O. The monoisotopic (exact) mass is 368 g/mol. The summed E-state index contributed by atoms with van der Waals surface area (Å²) >= 11 is 0. The summed E-state index contributed by atoms with van der Waals surface area (Å²) in [5, 5.41) is 6.45. The lowest BCUT2D eigenvalue weighted by atomic mass is 10.1. The number of hydrogen-bond acceptors (Lipinski definition) is 5. The Morgan fingerprint density at radius 3 is 2.74 bits per heavy atom. The zero-order valence-electron chi connectivity index (χ0n) is 16.3. The van der Waals surface area contributed by atoms with Crippen molar-refractivity contribution in [2.24, 2.45) is 0 Å². The fraction of sp³-hybridized carbons (Fsp3) is 0.450. The van der Waals surface area contributed by atoms with Crippen molar-refractivity contribution >= 4 is 23.4 Å². The molecule has 7 heteroatoms. The van der Waals surface area contributed by atoms with Gasteiger partial charge in [-0.05, 0) is 56.0 Å². The maximum absolute atomic E-state index is 12.5. The summed E-state index contributed by atoms with van der Waals surface area (Å²) in [6.07, 6.45) is 6.48. The topological polar surface area (TPSA) is 73.4 Å². The summed E-state index contributed by atoms with van der Waals surface area (Å²) in [5.41, 5.74) is 2.10. The summed E-state index contributed by atoms with van der Waals surface area (Å²) < 4.78 is 0. The Morgan fingerprint density at radius 2 is 2.04 bits per heavy atom. The number of rotatable bonds is 4. The number of nitrogens with zero attached hydrogens (tertiary/aromatic N) is 4. The molecule has 3 rings (SSSR count). The fourth-order valence-electron chi connectivity index (χ4n) is 3.21. The van der Waals surface area contributed by atoms with Gasteiger partial charge in [0.15, 0.2) is 0 Å². The van der Waals surface area contributed by atoms with Crippen LogP contribution in [-0.2, 0) is 0 Å². The molecule has 3 heterocycles. The number of aryl methyl sites for hydroxylation is 1. The lowest BCUT2D eigenvalue weighted by molar-refractivity contribution is 0.213. The molecule has 1 aliphatic rings. The van der Waals surface area contributed by atoms with Gasteiger partial charge in [-0.3, -0.25) is 5.32 Å². The van der Waals surface area contributed by atoms with Crippen LogP contribution in [0, 0.1) is 6.92 Å². The number of nitrogens with one attached hydrogen (secondary N) is 2. The van der Waals surface area contributed by atoms with Gasteiger partial charge in [-0.1, -0.05) is 0 Å². The Labute approximate surface area is 160 Å². The van der Waals surface area contributed by atoms with Gasteiger partial charge in [-0.2, -0.15) is 0 Å². The van der Waals surface area contributed by atoms with Crippen LogP contribution in [0.5, 0.6) is 0 Å². The number of pyridine rings is 2. The number of urea groups is 1. The normalized spacial score (nSPS) is 17.1. The highest BCUT2D eigenvalue weighted by Gasteiger charge is 2.21. The molecule has 144 valence electrons. The number of aromatic nitrogens is 2. The molecular weight excluding hydrogens is 340 g/mol. The van der Waals surface area contributed by atoms with Gasteiger partial charge in [-0.15, -0.1) is 0 Å². The van der Waals surface area contributed by atoms with Crippen molar-refractivity contribution in [1.82, 2.24) is 14.9 Å². The molecule has 2 amide bonds. The Balaban J connectivity index is 1.53. The first-order chi connectivity index (χ1) is 13.0. The van der Waals surface area contributed by atoms with Crippen molar-refractivity contribution in [1.29, 1.82) is 0 Å². The van der Waals surface area contributed by atoms with E-state index in [1.54, 1.807) is 6.20 Å². The molecule has 0 bridgehead atoms. The van der Waals surface area contributed by atoms with Crippen LogP contribution in [0.3, 0.4) is 0 Å². The summed E-state index contributed by atoms with van der Waals surface area (Å²) in [5.74, 6) is 1.54. The van der Waals surface area contributed by atoms with E-state index in [1.165, 1.54) is 0 Å². The standard InChI is InChI=1S/C20H28N6O/c1-15-8-10-21-18(13-15)24-20(27)26-11-4-5-16(9-12-26)23-17-6-7-19(22-14-17)25(2)3/h6-8,10,13-14,16,23H,4-5,9,11-12H2,1-3H3,(H,21,24,27)/t16-/m1/s1. The van der Waals surface area contributed by atoms with Gasteiger partial charge in [-0.25, -0.2) is 14.8 Å². The van der Waals surface area contributed by atoms with Crippen molar-refractivity contribution in [2.75, 3.05) is 42.7 Å². The first kappa shape index (κ1) is 18.9. The molecule has 0 saturated carbocycles. The molecule has 0 aliphatic carbocycles. The van der Waals surface area contributed by atoms with Crippen molar-refractivity contribution in [3.8, 4) is 0 Å². The molecule has 2 N–H and O–H groups in total. The first-order valence-electron chi connectivity index (χ1n) is 9.40. The molecule has 2 aromatic heterocycles. The quantitative estimate of drug-likeness (QED) is 0.866. The van der Waals surface area contributed by atoms with Crippen LogP contribution in [0.2, 0.25) is 0 Å². The molecule has 27 heavy (non-hydrogen) atoms. The minimum absolute atomic E-state index is 0.0780. The third-order valence-corrected chi connectivity index (χ3v) is 4.74. The number of likely N-dealkylation sites (tertiary alicyclic amines) is 1. The summed E-state index contributed by atoms with van der Waals surface area (Å²) in [4.78, 5) is 25.0. The van der Waals surface area contributed by atoms with Crippen LogP contribution in [0.1, 0.15) is 24.8 Å². The zero-order chi connectivity index (χ0) is 19.2. The van der Waals surface area contributed by atoms with Gasteiger partial charge in [0.1, 0.15) is 11.6 Å². The van der Waals surface area contributed by atoms with E-state index in [9.17, 15) is 4.79 Å². The zero-order valence-corrected chi connectivity index (χ0v) is 16.3. The summed E-state index contributed by atoms with van der Waals surface area (Å²) in [6, 6.07) is 8.12. The lowest BCUT2D eigenvalue weighted by Crippen LogP contribution is -2.36. The SMILES string of the molecule is Cc1ccnc(NC(=O)N2CCC[C@@H](Nc3ccc(N(C)C)nc3)CC2)c1. The Bertz CT molecular complexity index is 761. The van der Waals surface area contributed by atoms with Gasteiger partial charge in [0, 0.05) is 39.4 Å². The molecule has 7 nitrogen and oxygen atoms in total. The fourth-order valence-corrected chi connectivity index (χ4v) is 3.21. The predicted molar refractivity (Wildman–Crippen MR) is 109 cm³/mol. The average molecular weight is 368 g/mol. The van der Waals surface area contributed by atoms with Crippen LogP contribution < -0.4 is 15.5 Å². The van der Waals surface area contributed by atoms with Gasteiger partial charge < -0.3 is 15.1 Å². The number of hydrogen-bond donors (Lipinski definition) is 2. The largest absolute Gasteiger partial charge is 0.381 e. The second-order valence-corrected chi connectivity index (χ2v) is 7.21. The summed E-state index contributed by atoms with van der Waals surface area (Å²) in [7, 11) is 3.96. The van der Waals surface area contributed by atoms with Gasteiger partial charge in [0.2, 0.25) is 0 Å². The van der Waals surface area contributed by atoms with Crippen molar-refractivity contribution < 1.29 is 4.79 Å². The Hall–Kier alpha value is -2.83. The molecule has 2 aromatic rings. The third-order valence-electron chi connectivity index (χ3n) is 4.74. The maximum atomic E-state index is 12.5. The van der Waals surface area contributed by atoms with Crippen LogP contribution in [-0.4, -0.2) is 54.1 Å². The molecule has 1 aliphatic heterocycles. The van der Waals surface area contributed by atoms with Crippen LogP contribution in [0.15, 0.2) is 36.7 Å². The lowest BCUT2D eigenvalue weighted by Gasteiger charge is -2.21. The van der Waals surface area contributed by atoms with E-state index in [2.05, 4.69) is 26.7 Å². The molecule has 0 aromatic carbocycles. The predicted octanol–water partition coefficient (Wildman–Crippen LogP) is 3.35. The highest BCUT2D eigenvalue weighted by molar-refractivity contribution is 5.88. The minimum atomic E-state index is -0.0780. The molecule has 1 saturated heterocycles. The van der Waals surface area contributed by atoms with E-state index in [-0.39, 0.29) is 6.03 Å².